The third kappa shape index (κ3) is 4.99. The number of nitrogens with one attached hydrogen (secondary N) is 1. The number of nitriles is 1. The van der Waals surface area contributed by atoms with Crippen LogP contribution in [0.4, 0.5) is 0 Å². The number of benzene rings is 1. The van der Waals surface area contributed by atoms with Crippen LogP contribution in [0, 0.1) is 17.2 Å². The largest absolute Gasteiger partial charge is 0.490 e. The van der Waals surface area contributed by atoms with Gasteiger partial charge in [-0.3, -0.25) is 4.79 Å². The van der Waals surface area contributed by atoms with Crippen molar-refractivity contribution in [2.75, 3.05) is 6.61 Å². The summed E-state index contributed by atoms with van der Waals surface area (Å²) in [5.74, 6) is 0.901. The number of rotatable bonds is 6. The highest BCUT2D eigenvalue weighted by Gasteiger charge is 2.23. The summed E-state index contributed by atoms with van der Waals surface area (Å²) < 4.78 is 5.42. The van der Waals surface area contributed by atoms with Gasteiger partial charge in [-0.1, -0.05) is 44.6 Å². The number of carbonyl (C=O) groups excluding carboxylic acids is 1. The van der Waals surface area contributed by atoms with Gasteiger partial charge >= 0.3 is 0 Å². The van der Waals surface area contributed by atoms with Crippen molar-refractivity contribution in [3.05, 3.63) is 48.1 Å². The summed E-state index contributed by atoms with van der Waals surface area (Å²) in [6, 6.07) is 9.45. The Hall–Kier alpha value is -2.54. The van der Waals surface area contributed by atoms with E-state index in [0.717, 1.165) is 30.6 Å². The molecule has 1 fully saturated rings. The maximum atomic E-state index is 12.4. The Morgan fingerprint density at radius 1 is 1.38 bits per heavy atom. The van der Waals surface area contributed by atoms with E-state index in [-0.39, 0.29) is 17.5 Å². The standard InChI is InChI=1S/C20H24N2O2/c1-3-12-24-18-10-8-16(9-11-18)13-17(14-21)20(23)22-19-7-5-4-6-15(19)2/h3,8-11,13,15,19H,1,4-7,12H2,2H3,(H,22,23)/b17-13+/t15-,19+/m0/s1. The maximum absolute atomic E-state index is 12.4. The molecule has 2 rings (SSSR count). The monoisotopic (exact) mass is 324 g/mol. The normalized spacial score (nSPS) is 20.8. The predicted molar refractivity (Wildman–Crippen MR) is 95.3 cm³/mol. The highest BCUT2D eigenvalue weighted by atomic mass is 16.5. The summed E-state index contributed by atoms with van der Waals surface area (Å²) in [6.07, 6.45) is 7.75. The van der Waals surface area contributed by atoms with E-state index in [1.54, 1.807) is 12.2 Å². The first kappa shape index (κ1) is 17.8. The molecule has 0 radical (unpaired) electrons. The molecule has 0 spiro atoms. The Morgan fingerprint density at radius 2 is 2.08 bits per heavy atom. The summed E-state index contributed by atoms with van der Waals surface area (Å²) in [4.78, 5) is 12.4. The second kappa shape index (κ2) is 8.93. The third-order valence-corrected chi connectivity index (χ3v) is 4.35. The molecule has 1 aliphatic rings. The lowest BCUT2D eigenvalue weighted by atomic mass is 9.86. The highest BCUT2D eigenvalue weighted by Crippen LogP contribution is 2.24. The van der Waals surface area contributed by atoms with Crippen LogP contribution in [-0.4, -0.2) is 18.6 Å². The Bertz CT molecular complexity index is 641. The van der Waals surface area contributed by atoms with Gasteiger partial charge in [-0.25, -0.2) is 0 Å². The van der Waals surface area contributed by atoms with E-state index in [1.165, 1.54) is 6.42 Å². The summed E-state index contributed by atoms with van der Waals surface area (Å²) in [6.45, 7) is 6.20. The van der Waals surface area contributed by atoms with E-state index < -0.39 is 0 Å². The number of hydrogen-bond acceptors (Lipinski definition) is 3. The Balaban J connectivity index is 2.03. The van der Waals surface area contributed by atoms with Gasteiger partial charge in [0.05, 0.1) is 0 Å². The zero-order valence-electron chi connectivity index (χ0n) is 14.1. The van der Waals surface area contributed by atoms with E-state index in [9.17, 15) is 10.1 Å². The molecular weight excluding hydrogens is 300 g/mol. The number of ether oxygens (including phenoxy) is 1. The topological polar surface area (TPSA) is 62.1 Å². The number of amides is 1. The van der Waals surface area contributed by atoms with Crippen molar-refractivity contribution < 1.29 is 9.53 Å². The maximum Gasteiger partial charge on any atom is 0.262 e. The average Bonchev–Trinajstić information content (AvgIpc) is 2.60. The zero-order valence-corrected chi connectivity index (χ0v) is 14.1. The van der Waals surface area contributed by atoms with Crippen LogP contribution in [0.2, 0.25) is 0 Å². The SMILES string of the molecule is C=CCOc1ccc(/C=C(\C#N)C(=O)N[C@@H]2CCCC[C@@H]2C)cc1. The molecule has 1 aliphatic carbocycles. The van der Waals surface area contributed by atoms with Crippen LogP contribution in [0.15, 0.2) is 42.5 Å². The van der Waals surface area contributed by atoms with E-state index >= 15 is 0 Å². The van der Waals surface area contributed by atoms with Gasteiger partial charge in [-0.05, 0) is 42.5 Å². The van der Waals surface area contributed by atoms with Crippen LogP contribution in [0.3, 0.4) is 0 Å². The molecule has 0 bridgehead atoms. The fraction of sp³-hybridized carbons (Fsp3) is 0.400. The summed E-state index contributed by atoms with van der Waals surface area (Å²) in [5, 5.41) is 12.3. The molecule has 24 heavy (non-hydrogen) atoms. The van der Waals surface area contributed by atoms with Crippen LogP contribution in [0.1, 0.15) is 38.2 Å². The molecule has 1 N–H and O–H groups in total. The second-order valence-corrected chi connectivity index (χ2v) is 6.18. The van der Waals surface area contributed by atoms with Crippen LogP contribution in [-0.2, 0) is 4.79 Å². The van der Waals surface area contributed by atoms with E-state index in [4.69, 9.17) is 4.74 Å². The van der Waals surface area contributed by atoms with Gasteiger partial charge in [0.25, 0.3) is 5.91 Å². The lowest BCUT2D eigenvalue weighted by Gasteiger charge is -2.29. The van der Waals surface area contributed by atoms with E-state index in [2.05, 4.69) is 18.8 Å². The quantitative estimate of drug-likeness (QED) is 0.491. The summed E-state index contributed by atoms with van der Waals surface area (Å²) in [7, 11) is 0. The van der Waals surface area contributed by atoms with Gasteiger partial charge < -0.3 is 10.1 Å². The number of hydrogen-bond donors (Lipinski definition) is 1. The van der Waals surface area contributed by atoms with Crippen LogP contribution < -0.4 is 10.1 Å². The summed E-state index contributed by atoms with van der Waals surface area (Å²) >= 11 is 0. The van der Waals surface area contributed by atoms with Gasteiger partial charge in [0.1, 0.15) is 24.0 Å². The van der Waals surface area contributed by atoms with Crippen LogP contribution >= 0.6 is 0 Å². The molecule has 1 amide bonds. The molecule has 1 aromatic rings. The number of carbonyl (C=O) groups is 1. The lowest BCUT2D eigenvalue weighted by molar-refractivity contribution is -0.118. The Labute approximate surface area is 143 Å². The first-order valence-corrected chi connectivity index (χ1v) is 8.40. The minimum Gasteiger partial charge on any atom is -0.490 e. The van der Waals surface area contributed by atoms with Gasteiger partial charge in [-0.15, -0.1) is 0 Å². The molecule has 0 saturated heterocycles. The molecule has 4 nitrogen and oxygen atoms in total. The van der Waals surface area contributed by atoms with E-state index in [1.807, 2.05) is 30.3 Å². The number of nitrogens with zero attached hydrogens (tertiary/aromatic N) is 1. The smallest absolute Gasteiger partial charge is 0.262 e. The van der Waals surface area contributed by atoms with Gasteiger partial charge in [-0.2, -0.15) is 5.26 Å². The van der Waals surface area contributed by atoms with Crippen molar-refractivity contribution in [1.82, 2.24) is 5.32 Å². The molecule has 4 heteroatoms. The van der Waals surface area contributed by atoms with Crippen molar-refractivity contribution in [3.63, 3.8) is 0 Å². The van der Waals surface area contributed by atoms with Gasteiger partial charge in [0, 0.05) is 6.04 Å². The summed E-state index contributed by atoms with van der Waals surface area (Å²) in [5.41, 5.74) is 0.928. The van der Waals surface area contributed by atoms with Crippen molar-refractivity contribution in [3.8, 4) is 11.8 Å². The molecular formula is C20H24N2O2. The fourth-order valence-electron chi connectivity index (χ4n) is 2.91. The first-order chi connectivity index (χ1) is 11.6. The molecule has 126 valence electrons. The van der Waals surface area contributed by atoms with Crippen LogP contribution in [0.5, 0.6) is 5.75 Å². The Morgan fingerprint density at radius 3 is 2.71 bits per heavy atom. The predicted octanol–water partition coefficient (Wildman–Crippen LogP) is 3.85. The van der Waals surface area contributed by atoms with Crippen molar-refractivity contribution in [1.29, 1.82) is 5.26 Å². The first-order valence-electron chi connectivity index (χ1n) is 8.40. The van der Waals surface area contributed by atoms with Crippen LogP contribution in [0.25, 0.3) is 6.08 Å². The van der Waals surface area contributed by atoms with Crippen molar-refractivity contribution in [2.24, 2.45) is 5.92 Å². The average molecular weight is 324 g/mol. The minimum absolute atomic E-state index is 0.132. The van der Waals surface area contributed by atoms with Crippen molar-refractivity contribution in [2.45, 2.75) is 38.6 Å². The fourth-order valence-corrected chi connectivity index (χ4v) is 2.91. The van der Waals surface area contributed by atoms with E-state index in [0.29, 0.717) is 12.5 Å². The third-order valence-electron chi connectivity index (χ3n) is 4.35. The lowest BCUT2D eigenvalue weighted by Crippen LogP contribution is -2.41. The molecule has 2 atom stereocenters. The van der Waals surface area contributed by atoms with Gasteiger partial charge in [0.2, 0.25) is 0 Å². The molecule has 0 aliphatic heterocycles. The van der Waals surface area contributed by atoms with Gasteiger partial charge in [0.15, 0.2) is 0 Å². The molecule has 0 aromatic heterocycles. The second-order valence-electron chi connectivity index (χ2n) is 6.18. The molecule has 0 heterocycles. The molecule has 1 saturated carbocycles. The highest BCUT2D eigenvalue weighted by molar-refractivity contribution is 6.01. The minimum atomic E-state index is -0.289. The molecule has 1 aromatic carbocycles. The van der Waals surface area contributed by atoms with Crippen molar-refractivity contribution >= 4 is 12.0 Å². The molecule has 0 unspecified atom stereocenters. The Kier molecular flexibility index (Phi) is 6.62. The zero-order chi connectivity index (χ0) is 17.4.